The molecule has 0 aliphatic rings. The summed E-state index contributed by atoms with van der Waals surface area (Å²) in [6, 6.07) is 64.8. The van der Waals surface area contributed by atoms with E-state index in [0.717, 1.165) is 61.0 Å². The Hall–Kier alpha value is -6.58. The van der Waals surface area contributed by atoms with Crippen molar-refractivity contribution in [2.45, 2.75) is 0 Å². The molecule has 0 N–H and O–H groups in total. The molecular weight excluding hydrogens is 597 g/mol. The van der Waals surface area contributed by atoms with Crippen LogP contribution >= 0.6 is 0 Å². The number of nitrogens with zero attached hydrogens (tertiary/aromatic N) is 2. The third-order valence-corrected chi connectivity index (χ3v) is 9.77. The molecule has 3 heteroatoms. The van der Waals surface area contributed by atoms with Gasteiger partial charge in [-0.25, -0.2) is 0 Å². The first-order valence-electron chi connectivity index (χ1n) is 16.7. The lowest BCUT2D eigenvalue weighted by atomic mass is 10.0. The van der Waals surface area contributed by atoms with Gasteiger partial charge in [0, 0.05) is 49.7 Å². The molecule has 2 aromatic heterocycles. The van der Waals surface area contributed by atoms with Crippen LogP contribution in [0.2, 0.25) is 0 Å². The summed E-state index contributed by atoms with van der Waals surface area (Å²) in [4.78, 5) is 2.32. The molecule has 0 aliphatic heterocycles. The average molecular weight is 627 g/mol. The Labute approximate surface area is 283 Å². The number of para-hydroxylation sites is 3. The molecule has 0 fully saturated rings. The quantitative estimate of drug-likeness (QED) is 0.190. The zero-order valence-corrected chi connectivity index (χ0v) is 26.6. The van der Waals surface area contributed by atoms with Crippen molar-refractivity contribution in [3.8, 4) is 16.8 Å². The van der Waals surface area contributed by atoms with Crippen molar-refractivity contribution in [2.75, 3.05) is 4.90 Å². The standard InChI is InChI=1S/C46H30N2O/c1-3-11-31(12-4-1)32-19-23-35(24-20-32)47(34-13-5-2-6-14-34)36-25-27-37(28-26-36)48-42-17-9-7-15-38(42)40-29-21-33-22-30-41-39-16-8-10-18-43(39)49-46(41)44(33)45(40)48/h1-30H. The number of hydrogen-bond donors (Lipinski definition) is 0. The SMILES string of the molecule is c1ccc(-c2ccc(N(c3ccccc3)c3ccc(-n4c5ccccc5c5ccc6ccc7c8ccccc8oc7c6c54)cc3)cc2)cc1. The topological polar surface area (TPSA) is 21.3 Å². The summed E-state index contributed by atoms with van der Waals surface area (Å²) in [7, 11) is 0. The molecule has 0 atom stereocenters. The highest BCUT2D eigenvalue weighted by Gasteiger charge is 2.20. The van der Waals surface area contributed by atoms with Gasteiger partial charge in [0.1, 0.15) is 11.2 Å². The Kier molecular flexibility index (Phi) is 6.18. The van der Waals surface area contributed by atoms with Crippen LogP contribution in [0.5, 0.6) is 0 Å². The number of fused-ring (bicyclic) bond motifs is 9. The van der Waals surface area contributed by atoms with E-state index in [9.17, 15) is 0 Å². The second-order valence-corrected chi connectivity index (χ2v) is 12.6. The van der Waals surface area contributed by atoms with E-state index in [0.29, 0.717) is 0 Å². The zero-order valence-electron chi connectivity index (χ0n) is 26.6. The molecule has 2 heterocycles. The molecule has 0 radical (unpaired) electrons. The smallest absolute Gasteiger partial charge is 0.145 e. The van der Waals surface area contributed by atoms with E-state index in [1.54, 1.807) is 0 Å². The fourth-order valence-corrected chi connectivity index (χ4v) is 7.52. The van der Waals surface area contributed by atoms with E-state index < -0.39 is 0 Å². The van der Waals surface area contributed by atoms with E-state index in [4.69, 9.17) is 4.42 Å². The summed E-state index contributed by atoms with van der Waals surface area (Å²) < 4.78 is 9.03. The highest BCUT2D eigenvalue weighted by atomic mass is 16.3. The summed E-state index contributed by atoms with van der Waals surface area (Å²) in [5.41, 5.74) is 11.0. The monoisotopic (exact) mass is 626 g/mol. The number of hydrogen-bond acceptors (Lipinski definition) is 2. The van der Waals surface area contributed by atoms with Gasteiger partial charge in [0.25, 0.3) is 0 Å². The van der Waals surface area contributed by atoms with E-state index in [-0.39, 0.29) is 0 Å². The molecule has 0 saturated heterocycles. The number of benzene rings is 8. The Morgan fingerprint density at radius 3 is 1.73 bits per heavy atom. The van der Waals surface area contributed by atoms with Gasteiger partial charge in [-0.05, 0) is 83.2 Å². The van der Waals surface area contributed by atoms with E-state index in [2.05, 4.69) is 185 Å². The minimum atomic E-state index is 0.909. The van der Waals surface area contributed by atoms with Gasteiger partial charge in [0.15, 0.2) is 0 Å². The van der Waals surface area contributed by atoms with Crippen LogP contribution in [0.4, 0.5) is 17.1 Å². The Morgan fingerprint density at radius 2 is 0.980 bits per heavy atom. The van der Waals surface area contributed by atoms with Crippen molar-refractivity contribution in [3.63, 3.8) is 0 Å². The van der Waals surface area contributed by atoms with Crippen LogP contribution in [0.1, 0.15) is 0 Å². The fourth-order valence-electron chi connectivity index (χ4n) is 7.52. The third kappa shape index (κ3) is 4.37. The first kappa shape index (κ1) is 27.5. The van der Waals surface area contributed by atoms with Gasteiger partial charge in [0.2, 0.25) is 0 Å². The lowest BCUT2D eigenvalue weighted by Gasteiger charge is -2.26. The number of aromatic nitrogens is 1. The normalized spacial score (nSPS) is 11.7. The molecule has 0 spiro atoms. The number of furan rings is 1. The van der Waals surface area contributed by atoms with Crippen LogP contribution in [-0.4, -0.2) is 4.57 Å². The van der Waals surface area contributed by atoms with E-state index in [1.807, 2.05) is 6.07 Å². The minimum absolute atomic E-state index is 0.909. The highest BCUT2D eigenvalue weighted by Crippen LogP contribution is 2.43. The van der Waals surface area contributed by atoms with Crippen LogP contribution in [-0.2, 0) is 0 Å². The highest BCUT2D eigenvalue weighted by molar-refractivity contribution is 6.26. The maximum absolute atomic E-state index is 6.63. The predicted octanol–water partition coefficient (Wildman–Crippen LogP) is 13.0. The Balaban J connectivity index is 1.16. The van der Waals surface area contributed by atoms with Gasteiger partial charge < -0.3 is 13.9 Å². The maximum atomic E-state index is 6.63. The fraction of sp³-hybridized carbons (Fsp3) is 0. The number of anilines is 3. The lowest BCUT2D eigenvalue weighted by Crippen LogP contribution is -2.10. The molecule has 10 aromatic rings. The summed E-state index contributed by atoms with van der Waals surface area (Å²) >= 11 is 0. The minimum Gasteiger partial charge on any atom is -0.455 e. The average Bonchev–Trinajstić information content (AvgIpc) is 3.72. The van der Waals surface area contributed by atoms with Crippen LogP contribution in [0.25, 0.3) is 71.3 Å². The van der Waals surface area contributed by atoms with E-state index >= 15 is 0 Å². The first-order valence-corrected chi connectivity index (χ1v) is 16.7. The molecule has 0 aliphatic carbocycles. The van der Waals surface area contributed by atoms with Crippen molar-refractivity contribution in [2.24, 2.45) is 0 Å². The van der Waals surface area contributed by atoms with Gasteiger partial charge in [-0.15, -0.1) is 0 Å². The van der Waals surface area contributed by atoms with Crippen molar-refractivity contribution in [1.29, 1.82) is 0 Å². The van der Waals surface area contributed by atoms with Crippen LogP contribution in [0.15, 0.2) is 186 Å². The van der Waals surface area contributed by atoms with E-state index in [1.165, 1.54) is 27.4 Å². The van der Waals surface area contributed by atoms with Gasteiger partial charge in [-0.2, -0.15) is 0 Å². The molecular formula is C46H30N2O. The summed E-state index contributed by atoms with van der Waals surface area (Å²) in [5.74, 6) is 0. The second kappa shape index (κ2) is 11.0. The molecule has 0 unspecified atom stereocenters. The maximum Gasteiger partial charge on any atom is 0.145 e. The molecule has 3 nitrogen and oxygen atoms in total. The van der Waals surface area contributed by atoms with Gasteiger partial charge in [0.05, 0.1) is 11.0 Å². The Morgan fingerprint density at radius 1 is 0.408 bits per heavy atom. The summed E-state index contributed by atoms with van der Waals surface area (Å²) in [6.07, 6.45) is 0. The van der Waals surface area contributed by atoms with Crippen LogP contribution in [0.3, 0.4) is 0 Å². The van der Waals surface area contributed by atoms with Crippen molar-refractivity contribution < 1.29 is 4.42 Å². The molecule has 49 heavy (non-hydrogen) atoms. The predicted molar refractivity (Wildman–Crippen MR) is 206 cm³/mol. The molecule has 0 bridgehead atoms. The third-order valence-electron chi connectivity index (χ3n) is 9.77. The number of rotatable bonds is 5. The van der Waals surface area contributed by atoms with Gasteiger partial charge in [-0.3, -0.25) is 0 Å². The Bertz CT molecular complexity index is 2790. The molecule has 0 amide bonds. The molecule has 10 rings (SSSR count). The van der Waals surface area contributed by atoms with Gasteiger partial charge >= 0.3 is 0 Å². The largest absolute Gasteiger partial charge is 0.455 e. The van der Waals surface area contributed by atoms with Crippen LogP contribution in [0, 0.1) is 0 Å². The zero-order chi connectivity index (χ0) is 32.3. The summed E-state index contributed by atoms with van der Waals surface area (Å²) in [6.45, 7) is 0. The molecule has 230 valence electrons. The first-order chi connectivity index (χ1) is 24.3. The van der Waals surface area contributed by atoms with Crippen molar-refractivity contribution in [1.82, 2.24) is 4.57 Å². The van der Waals surface area contributed by atoms with Crippen molar-refractivity contribution in [3.05, 3.63) is 182 Å². The van der Waals surface area contributed by atoms with Crippen molar-refractivity contribution >= 4 is 71.6 Å². The van der Waals surface area contributed by atoms with Crippen LogP contribution < -0.4 is 4.90 Å². The molecule has 0 saturated carbocycles. The van der Waals surface area contributed by atoms with Gasteiger partial charge in [-0.1, -0.05) is 115 Å². The second-order valence-electron chi connectivity index (χ2n) is 12.6. The molecule has 8 aromatic carbocycles. The lowest BCUT2D eigenvalue weighted by molar-refractivity contribution is 0.673. The summed E-state index contributed by atoms with van der Waals surface area (Å²) in [5, 5.41) is 7.01.